The van der Waals surface area contributed by atoms with Gasteiger partial charge in [0.1, 0.15) is 23.4 Å². The molecule has 0 radical (unpaired) electrons. The molecule has 37 heavy (non-hydrogen) atoms. The molecule has 11 heteroatoms. The molecule has 2 aromatic carbocycles. The van der Waals surface area contributed by atoms with Gasteiger partial charge in [-0.15, -0.1) is 0 Å². The van der Waals surface area contributed by atoms with Gasteiger partial charge in [-0.25, -0.2) is 4.98 Å². The summed E-state index contributed by atoms with van der Waals surface area (Å²) in [6.45, 7) is 0. The van der Waals surface area contributed by atoms with E-state index in [-0.39, 0.29) is 16.8 Å². The standard InChI is InChI=1S/C26H23F3N6O2/c1-34-11-10-20(33-34)18-13-17(7-8-19(18)26(27,28)29)25(37)32-24-22(15-5-3-2-4-6-15)31-21-14-16(23(30)36)9-12-35(21)24/h2-14,23,25,32,36-37H,30H2,1H3/t23-,25?/m0/s1. The monoisotopic (exact) mass is 508 g/mol. The van der Waals surface area contributed by atoms with Crippen molar-refractivity contribution in [1.29, 1.82) is 0 Å². The molecule has 0 amide bonds. The van der Waals surface area contributed by atoms with Crippen LogP contribution >= 0.6 is 0 Å². The number of aliphatic hydroxyl groups excluding tert-OH is 2. The lowest BCUT2D eigenvalue weighted by atomic mass is 10.00. The Morgan fingerprint density at radius 1 is 0.946 bits per heavy atom. The Hall–Kier alpha value is -4.19. The first-order chi connectivity index (χ1) is 17.6. The molecule has 5 aromatic rings. The molecule has 0 saturated heterocycles. The van der Waals surface area contributed by atoms with Crippen LogP contribution in [0.1, 0.15) is 29.1 Å². The average Bonchev–Trinajstić information content (AvgIpc) is 3.47. The van der Waals surface area contributed by atoms with Crippen LogP contribution in [0.5, 0.6) is 0 Å². The summed E-state index contributed by atoms with van der Waals surface area (Å²) in [5.74, 6) is 0.408. The Bertz CT molecular complexity index is 1560. The van der Waals surface area contributed by atoms with Gasteiger partial charge in [-0.2, -0.15) is 18.3 Å². The second-order valence-corrected chi connectivity index (χ2v) is 8.53. The molecule has 2 atom stereocenters. The predicted molar refractivity (Wildman–Crippen MR) is 132 cm³/mol. The van der Waals surface area contributed by atoms with Crippen molar-refractivity contribution >= 4 is 11.5 Å². The van der Waals surface area contributed by atoms with E-state index in [1.807, 2.05) is 30.3 Å². The zero-order chi connectivity index (χ0) is 26.3. The van der Waals surface area contributed by atoms with Crippen LogP contribution in [0.2, 0.25) is 0 Å². The lowest BCUT2D eigenvalue weighted by molar-refractivity contribution is -0.137. The van der Waals surface area contributed by atoms with Gasteiger partial charge in [0.05, 0.1) is 11.3 Å². The second-order valence-electron chi connectivity index (χ2n) is 8.53. The number of aliphatic hydroxyl groups is 2. The van der Waals surface area contributed by atoms with Crippen LogP contribution in [-0.2, 0) is 13.2 Å². The zero-order valence-corrected chi connectivity index (χ0v) is 19.6. The predicted octanol–water partition coefficient (Wildman–Crippen LogP) is 4.47. The summed E-state index contributed by atoms with van der Waals surface area (Å²) in [5.41, 5.74) is 7.10. The smallest absolute Gasteiger partial charge is 0.375 e. The van der Waals surface area contributed by atoms with Crippen molar-refractivity contribution in [2.24, 2.45) is 12.8 Å². The van der Waals surface area contributed by atoms with Gasteiger partial charge in [0.2, 0.25) is 0 Å². The van der Waals surface area contributed by atoms with Crippen molar-refractivity contribution in [2.45, 2.75) is 18.6 Å². The number of aromatic nitrogens is 4. The maximum atomic E-state index is 13.7. The molecule has 0 aliphatic heterocycles. The summed E-state index contributed by atoms with van der Waals surface area (Å²) < 4.78 is 44.3. The van der Waals surface area contributed by atoms with Gasteiger partial charge in [-0.3, -0.25) is 9.08 Å². The number of hydrogen-bond donors (Lipinski definition) is 4. The average molecular weight is 509 g/mol. The number of nitrogens with zero attached hydrogens (tertiary/aromatic N) is 4. The Kier molecular flexibility index (Phi) is 6.20. The molecule has 190 valence electrons. The van der Waals surface area contributed by atoms with Crippen LogP contribution in [0.4, 0.5) is 19.0 Å². The summed E-state index contributed by atoms with van der Waals surface area (Å²) >= 11 is 0. The summed E-state index contributed by atoms with van der Waals surface area (Å²) in [7, 11) is 1.61. The Balaban J connectivity index is 1.59. The van der Waals surface area contributed by atoms with E-state index in [4.69, 9.17) is 5.73 Å². The number of rotatable bonds is 6. The molecule has 0 saturated carbocycles. The third kappa shape index (κ3) is 4.79. The maximum absolute atomic E-state index is 13.7. The fraction of sp³-hybridized carbons (Fsp3) is 0.154. The van der Waals surface area contributed by atoms with E-state index in [1.54, 1.807) is 36.0 Å². The van der Waals surface area contributed by atoms with Crippen molar-refractivity contribution in [3.63, 3.8) is 0 Å². The molecule has 0 fully saturated rings. The SMILES string of the molecule is Cn1ccc(-c2cc(C(O)Nc3c(-c4ccccc4)nc4cc([C@@H](N)O)ccn34)ccc2C(F)(F)F)n1. The van der Waals surface area contributed by atoms with E-state index in [0.29, 0.717) is 22.7 Å². The van der Waals surface area contributed by atoms with E-state index in [1.165, 1.54) is 22.9 Å². The Morgan fingerprint density at radius 3 is 2.35 bits per heavy atom. The first kappa shape index (κ1) is 24.5. The number of hydrogen-bond acceptors (Lipinski definition) is 6. The molecule has 5 rings (SSSR count). The highest BCUT2D eigenvalue weighted by Gasteiger charge is 2.34. The van der Waals surface area contributed by atoms with Crippen LogP contribution in [0.15, 0.2) is 79.1 Å². The number of alkyl halides is 3. The summed E-state index contributed by atoms with van der Waals surface area (Å²) in [6.07, 6.45) is -3.99. The minimum atomic E-state index is -4.60. The van der Waals surface area contributed by atoms with E-state index in [9.17, 15) is 23.4 Å². The van der Waals surface area contributed by atoms with Crippen molar-refractivity contribution < 1.29 is 23.4 Å². The van der Waals surface area contributed by atoms with Crippen molar-refractivity contribution in [2.75, 3.05) is 5.32 Å². The number of imidazole rings is 1. The molecule has 3 aromatic heterocycles. The molecular formula is C26H23F3N6O2. The lowest BCUT2D eigenvalue weighted by Crippen LogP contribution is -2.14. The van der Waals surface area contributed by atoms with Gasteiger partial charge in [0.15, 0.2) is 6.23 Å². The van der Waals surface area contributed by atoms with Gasteiger partial charge in [-0.05, 0) is 30.3 Å². The Morgan fingerprint density at radius 2 is 1.70 bits per heavy atom. The van der Waals surface area contributed by atoms with Crippen LogP contribution in [0.25, 0.3) is 28.2 Å². The van der Waals surface area contributed by atoms with Crippen LogP contribution in [0, 0.1) is 0 Å². The largest absolute Gasteiger partial charge is 0.417 e. The van der Waals surface area contributed by atoms with Crippen molar-refractivity contribution in [1.82, 2.24) is 19.2 Å². The third-order valence-corrected chi connectivity index (χ3v) is 5.97. The molecule has 1 unspecified atom stereocenters. The normalized spacial score (nSPS) is 13.6. The molecule has 0 aliphatic carbocycles. The van der Waals surface area contributed by atoms with Crippen molar-refractivity contribution in [3.05, 3.63) is 95.8 Å². The topological polar surface area (TPSA) is 114 Å². The molecule has 0 spiro atoms. The van der Waals surface area contributed by atoms with Gasteiger partial charge >= 0.3 is 6.18 Å². The van der Waals surface area contributed by atoms with Gasteiger partial charge in [0, 0.05) is 41.7 Å². The number of benzene rings is 2. The zero-order valence-electron chi connectivity index (χ0n) is 19.6. The first-order valence-corrected chi connectivity index (χ1v) is 11.3. The number of aryl methyl sites for hydroxylation is 1. The number of nitrogens with two attached hydrogens (primary N) is 1. The fourth-order valence-electron chi connectivity index (χ4n) is 4.14. The second kappa shape index (κ2) is 9.36. The summed E-state index contributed by atoms with van der Waals surface area (Å²) in [4.78, 5) is 4.65. The lowest BCUT2D eigenvalue weighted by Gasteiger charge is -2.19. The highest BCUT2D eigenvalue weighted by atomic mass is 19.4. The van der Waals surface area contributed by atoms with Crippen molar-refractivity contribution in [3.8, 4) is 22.5 Å². The molecule has 8 nitrogen and oxygen atoms in total. The molecule has 0 aliphatic rings. The summed E-state index contributed by atoms with van der Waals surface area (Å²) in [5, 5.41) is 28.0. The number of anilines is 1. The van der Waals surface area contributed by atoms with E-state index in [0.717, 1.165) is 11.6 Å². The first-order valence-electron chi connectivity index (χ1n) is 11.3. The van der Waals surface area contributed by atoms with Crippen LogP contribution in [0.3, 0.4) is 0 Å². The van der Waals surface area contributed by atoms with Crippen LogP contribution < -0.4 is 11.1 Å². The number of nitrogens with one attached hydrogen (secondary N) is 1. The van der Waals surface area contributed by atoms with E-state index >= 15 is 0 Å². The highest BCUT2D eigenvalue weighted by Crippen LogP contribution is 2.38. The third-order valence-electron chi connectivity index (χ3n) is 5.97. The highest BCUT2D eigenvalue weighted by molar-refractivity contribution is 5.77. The molecule has 0 bridgehead atoms. The molecule has 3 heterocycles. The minimum absolute atomic E-state index is 0.136. The fourth-order valence-corrected chi connectivity index (χ4v) is 4.14. The molecule has 5 N–H and O–H groups in total. The van der Waals surface area contributed by atoms with Gasteiger partial charge < -0.3 is 21.3 Å². The van der Waals surface area contributed by atoms with Gasteiger partial charge in [-0.1, -0.05) is 36.4 Å². The van der Waals surface area contributed by atoms with Gasteiger partial charge in [0.25, 0.3) is 0 Å². The number of halogens is 3. The van der Waals surface area contributed by atoms with E-state index < -0.39 is 24.2 Å². The van der Waals surface area contributed by atoms with E-state index in [2.05, 4.69) is 15.4 Å². The number of fused-ring (bicyclic) bond motifs is 1. The summed E-state index contributed by atoms with van der Waals surface area (Å²) in [6, 6.07) is 17.4. The quantitative estimate of drug-likeness (QED) is 0.252. The minimum Gasteiger partial charge on any atom is -0.375 e. The van der Waals surface area contributed by atoms with Crippen LogP contribution in [-0.4, -0.2) is 29.4 Å². The number of pyridine rings is 1. The Labute approximate surface area is 209 Å². The molecular weight excluding hydrogens is 485 g/mol. The maximum Gasteiger partial charge on any atom is 0.417 e.